The van der Waals surface area contributed by atoms with Crippen LogP contribution < -0.4 is 5.32 Å². The summed E-state index contributed by atoms with van der Waals surface area (Å²) in [5.74, 6) is 0. The molecule has 0 spiro atoms. The fourth-order valence-corrected chi connectivity index (χ4v) is 0.843. The van der Waals surface area contributed by atoms with Crippen LogP contribution in [0.15, 0.2) is 42.1 Å². The number of allylic oxidation sites excluding steroid dienone is 1. The summed E-state index contributed by atoms with van der Waals surface area (Å²) < 4.78 is 0. The van der Waals surface area contributed by atoms with Crippen LogP contribution in [0.1, 0.15) is 20.3 Å². The molecule has 1 rings (SSSR count). The van der Waals surface area contributed by atoms with Gasteiger partial charge < -0.3 is 5.32 Å². The van der Waals surface area contributed by atoms with E-state index in [4.69, 9.17) is 0 Å². The lowest BCUT2D eigenvalue weighted by molar-refractivity contribution is 1.09. The fourth-order valence-electron chi connectivity index (χ4n) is 0.843. The molecule has 0 bridgehead atoms. The third-order valence-electron chi connectivity index (χ3n) is 1.82. The highest BCUT2D eigenvalue weighted by molar-refractivity contribution is 5.45. The first-order valence-electron chi connectivity index (χ1n) is 4.30. The molecule has 1 nitrogen and oxygen atoms in total. The van der Waals surface area contributed by atoms with Gasteiger partial charge in [-0.3, -0.25) is 0 Å². The van der Waals surface area contributed by atoms with Gasteiger partial charge in [0.2, 0.25) is 0 Å². The van der Waals surface area contributed by atoms with E-state index in [2.05, 4.69) is 37.5 Å². The van der Waals surface area contributed by atoms with E-state index in [0.717, 1.165) is 12.1 Å². The number of benzene rings is 1. The van der Waals surface area contributed by atoms with Crippen molar-refractivity contribution in [3.8, 4) is 0 Å². The minimum Gasteiger partial charge on any atom is -0.362 e. The molecule has 0 heterocycles. The van der Waals surface area contributed by atoms with Crippen molar-refractivity contribution >= 4 is 5.69 Å². The van der Waals surface area contributed by atoms with Gasteiger partial charge in [0.1, 0.15) is 0 Å². The summed E-state index contributed by atoms with van der Waals surface area (Å²) in [4.78, 5) is 0. The summed E-state index contributed by atoms with van der Waals surface area (Å²) in [7, 11) is 0. The van der Waals surface area contributed by atoms with Gasteiger partial charge in [-0.2, -0.15) is 0 Å². The van der Waals surface area contributed by atoms with Gasteiger partial charge in [0.05, 0.1) is 0 Å². The number of hydrogen-bond donors (Lipinski definition) is 1. The quantitative estimate of drug-likeness (QED) is 0.716. The van der Waals surface area contributed by atoms with Gasteiger partial charge in [-0.25, -0.2) is 0 Å². The zero-order valence-electron chi connectivity index (χ0n) is 7.67. The van der Waals surface area contributed by atoms with E-state index in [0.29, 0.717) is 0 Å². The molecule has 64 valence electrons. The van der Waals surface area contributed by atoms with Crippen molar-refractivity contribution in [2.24, 2.45) is 0 Å². The Bertz CT molecular complexity index is 249. The van der Waals surface area contributed by atoms with Gasteiger partial charge >= 0.3 is 0 Å². The molecule has 1 aromatic carbocycles. The summed E-state index contributed by atoms with van der Waals surface area (Å²) in [5, 5.41) is 3.23. The molecule has 0 amide bonds. The van der Waals surface area contributed by atoms with Crippen molar-refractivity contribution in [1.82, 2.24) is 0 Å². The molecule has 0 aliphatic carbocycles. The van der Waals surface area contributed by atoms with Crippen molar-refractivity contribution in [1.29, 1.82) is 0 Å². The average molecular weight is 161 g/mol. The summed E-state index contributed by atoms with van der Waals surface area (Å²) >= 11 is 0. The number of anilines is 1. The van der Waals surface area contributed by atoms with Crippen LogP contribution in [0.4, 0.5) is 5.69 Å². The predicted molar refractivity (Wildman–Crippen MR) is 54.1 cm³/mol. The smallest absolute Gasteiger partial charge is 0.0379 e. The van der Waals surface area contributed by atoms with Gasteiger partial charge in [0.15, 0.2) is 0 Å². The average Bonchev–Trinajstić information content (AvgIpc) is 2.16. The summed E-state index contributed by atoms with van der Waals surface area (Å²) in [5.41, 5.74) is 2.50. The third-order valence-corrected chi connectivity index (χ3v) is 1.82. The predicted octanol–water partition coefficient (Wildman–Crippen LogP) is 3.41. The topological polar surface area (TPSA) is 12.0 Å². The molecule has 0 fully saturated rings. The van der Waals surface area contributed by atoms with Crippen LogP contribution in [0, 0.1) is 0 Å². The summed E-state index contributed by atoms with van der Waals surface area (Å²) in [6.07, 6.45) is 3.15. The van der Waals surface area contributed by atoms with E-state index >= 15 is 0 Å². The van der Waals surface area contributed by atoms with Gasteiger partial charge in [-0.1, -0.05) is 30.7 Å². The lowest BCUT2D eigenvalue weighted by Gasteiger charge is -2.00. The fraction of sp³-hybridized carbons (Fsp3) is 0.273. The molecule has 0 aliphatic heterocycles. The zero-order valence-corrected chi connectivity index (χ0v) is 7.67. The highest BCUT2D eigenvalue weighted by Gasteiger charge is 1.85. The Morgan fingerprint density at radius 2 is 2.00 bits per heavy atom. The van der Waals surface area contributed by atoms with Gasteiger partial charge in [0, 0.05) is 5.69 Å². The van der Waals surface area contributed by atoms with E-state index in [1.54, 1.807) is 0 Å². The van der Waals surface area contributed by atoms with Crippen LogP contribution in [0.5, 0.6) is 0 Å². The lowest BCUT2D eigenvalue weighted by Crippen LogP contribution is -1.88. The number of rotatable bonds is 3. The molecule has 0 saturated carbocycles. The molecule has 0 saturated heterocycles. The van der Waals surface area contributed by atoms with E-state index in [1.165, 1.54) is 5.57 Å². The Kier molecular flexibility index (Phi) is 3.39. The minimum absolute atomic E-state index is 1.10. The SMILES string of the molecule is CC/C(C)=C\Nc1ccccc1. The Morgan fingerprint density at radius 3 is 2.58 bits per heavy atom. The molecule has 0 radical (unpaired) electrons. The molecular weight excluding hydrogens is 146 g/mol. The molecule has 0 aliphatic rings. The van der Waals surface area contributed by atoms with Crippen LogP contribution >= 0.6 is 0 Å². The maximum Gasteiger partial charge on any atom is 0.0379 e. The molecular formula is C11H15N. The van der Waals surface area contributed by atoms with Gasteiger partial charge in [-0.15, -0.1) is 0 Å². The van der Waals surface area contributed by atoms with E-state index in [1.807, 2.05) is 18.2 Å². The first-order chi connectivity index (χ1) is 5.83. The second-order valence-corrected chi connectivity index (χ2v) is 2.85. The van der Waals surface area contributed by atoms with Crippen LogP contribution in [0.3, 0.4) is 0 Å². The van der Waals surface area contributed by atoms with Crippen LogP contribution in [-0.2, 0) is 0 Å². The number of para-hydroxylation sites is 1. The highest BCUT2D eigenvalue weighted by atomic mass is 14.8. The van der Waals surface area contributed by atoms with Crippen molar-refractivity contribution in [3.05, 3.63) is 42.1 Å². The van der Waals surface area contributed by atoms with E-state index in [-0.39, 0.29) is 0 Å². The maximum absolute atomic E-state index is 3.23. The maximum atomic E-state index is 3.23. The van der Waals surface area contributed by atoms with Gasteiger partial charge in [0.25, 0.3) is 0 Å². The lowest BCUT2D eigenvalue weighted by atomic mass is 10.2. The molecule has 1 heteroatoms. The monoisotopic (exact) mass is 161 g/mol. The Labute approximate surface area is 74.1 Å². The van der Waals surface area contributed by atoms with Crippen molar-refractivity contribution in [3.63, 3.8) is 0 Å². The normalized spacial score (nSPS) is 11.3. The largest absolute Gasteiger partial charge is 0.362 e. The van der Waals surface area contributed by atoms with Crippen LogP contribution in [-0.4, -0.2) is 0 Å². The standard InChI is InChI=1S/C11H15N/c1-3-10(2)9-12-11-7-5-4-6-8-11/h4-9,12H,3H2,1-2H3/b10-9-. The molecule has 1 N–H and O–H groups in total. The van der Waals surface area contributed by atoms with Crippen LogP contribution in [0.25, 0.3) is 0 Å². The van der Waals surface area contributed by atoms with E-state index in [9.17, 15) is 0 Å². The second-order valence-electron chi connectivity index (χ2n) is 2.85. The Morgan fingerprint density at radius 1 is 1.33 bits per heavy atom. The molecule has 1 aromatic rings. The Balaban J connectivity index is 2.54. The summed E-state index contributed by atoms with van der Waals surface area (Å²) in [6, 6.07) is 10.2. The highest BCUT2D eigenvalue weighted by Crippen LogP contribution is 2.06. The van der Waals surface area contributed by atoms with Crippen molar-refractivity contribution in [2.45, 2.75) is 20.3 Å². The zero-order chi connectivity index (χ0) is 8.81. The van der Waals surface area contributed by atoms with Crippen molar-refractivity contribution < 1.29 is 0 Å². The summed E-state index contributed by atoms with van der Waals surface area (Å²) in [6.45, 7) is 4.27. The molecule has 12 heavy (non-hydrogen) atoms. The van der Waals surface area contributed by atoms with Crippen LogP contribution in [0.2, 0.25) is 0 Å². The second kappa shape index (κ2) is 4.60. The Hall–Kier alpha value is -1.24. The van der Waals surface area contributed by atoms with E-state index < -0.39 is 0 Å². The first kappa shape index (κ1) is 8.85. The molecule has 0 unspecified atom stereocenters. The minimum atomic E-state index is 1.10. The number of hydrogen-bond acceptors (Lipinski definition) is 1. The third kappa shape index (κ3) is 2.79. The molecule has 0 atom stereocenters. The van der Waals surface area contributed by atoms with Crippen molar-refractivity contribution in [2.75, 3.05) is 5.32 Å². The van der Waals surface area contributed by atoms with Gasteiger partial charge in [-0.05, 0) is 31.7 Å². The first-order valence-corrected chi connectivity index (χ1v) is 4.30. The number of nitrogens with one attached hydrogen (secondary N) is 1. The molecule has 0 aromatic heterocycles.